The molecule has 2 aromatic rings. The predicted molar refractivity (Wildman–Crippen MR) is 80.3 cm³/mol. The lowest BCUT2D eigenvalue weighted by molar-refractivity contribution is 0.0940. The summed E-state index contributed by atoms with van der Waals surface area (Å²) in [7, 11) is 0. The summed E-state index contributed by atoms with van der Waals surface area (Å²) in [5.41, 5.74) is 1.98. The second kappa shape index (κ2) is 6.29. The molecule has 2 rings (SSSR count). The molecule has 1 aromatic carbocycles. The summed E-state index contributed by atoms with van der Waals surface area (Å²) < 4.78 is 1.60. The van der Waals surface area contributed by atoms with Crippen LogP contribution in [0.5, 0.6) is 0 Å². The Bertz CT molecular complexity index is 637. The van der Waals surface area contributed by atoms with E-state index in [1.165, 1.54) is 0 Å². The number of benzene rings is 1. The number of aryl methyl sites for hydroxylation is 2. The Morgan fingerprint density at radius 2 is 2.15 bits per heavy atom. The molecule has 1 N–H and O–H groups in total. The number of carbonyl (C=O) groups is 1. The van der Waals surface area contributed by atoms with Crippen LogP contribution in [0.4, 0.5) is 0 Å². The zero-order valence-electron chi connectivity index (χ0n) is 11.3. The number of hydrogen-bond donors (Lipinski definition) is 1. The summed E-state index contributed by atoms with van der Waals surface area (Å²) in [6.45, 7) is 4.68. The van der Waals surface area contributed by atoms with Gasteiger partial charge < -0.3 is 5.32 Å². The van der Waals surface area contributed by atoms with Gasteiger partial charge >= 0.3 is 0 Å². The van der Waals surface area contributed by atoms with Crippen LogP contribution in [0.1, 0.15) is 28.7 Å². The Morgan fingerprint density at radius 1 is 1.40 bits per heavy atom. The van der Waals surface area contributed by atoms with Gasteiger partial charge in [-0.3, -0.25) is 9.48 Å². The minimum atomic E-state index is -0.238. The van der Waals surface area contributed by atoms with Crippen LogP contribution < -0.4 is 5.32 Å². The topological polar surface area (TPSA) is 46.9 Å². The van der Waals surface area contributed by atoms with Gasteiger partial charge in [0.25, 0.3) is 5.91 Å². The Labute approximate surface area is 127 Å². The fraction of sp³-hybridized carbons (Fsp3) is 0.286. The van der Waals surface area contributed by atoms with E-state index in [9.17, 15) is 4.79 Å². The molecule has 20 heavy (non-hydrogen) atoms. The maximum absolute atomic E-state index is 12.2. The van der Waals surface area contributed by atoms with Crippen LogP contribution in [0.3, 0.4) is 0 Å². The van der Waals surface area contributed by atoms with E-state index in [-0.39, 0.29) is 5.91 Å². The number of halogens is 2. The predicted octanol–water partition coefficient (Wildman–Crippen LogP) is 3.45. The second-order valence-corrected chi connectivity index (χ2v) is 5.19. The van der Waals surface area contributed by atoms with Crippen LogP contribution in [0.15, 0.2) is 24.3 Å². The molecule has 1 aromatic heterocycles. The van der Waals surface area contributed by atoms with Crippen molar-refractivity contribution in [3.05, 3.63) is 51.3 Å². The molecular weight excluding hydrogens is 297 g/mol. The molecule has 106 valence electrons. The van der Waals surface area contributed by atoms with Gasteiger partial charge in [-0.05, 0) is 31.5 Å². The number of nitrogens with zero attached hydrogens (tertiary/aromatic N) is 2. The highest BCUT2D eigenvalue weighted by Gasteiger charge is 2.19. The van der Waals surface area contributed by atoms with Crippen molar-refractivity contribution in [3.63, 3.8) is 0 Å². The van der Waals surface area contributed by atoms with Crippen molar-refractivity contribution in [2.45, 2.75) is 26.9 Å². The molecule has 0 aliphatic rings. The first-order valence-electron chi connectivity index (χ1n) is 6.28. The van der Waals surface area contributed by atoms with Crippen LogP contribution in [0.25, 0.3) is 0 Å². The summed E-state index contributed by atoms with van der Waals surface area (Å²) >= 11 is 12.0. The first-order valence-corrected chi connectivity index (χ1v) is 7.04. The SMILES string of the molecule is CCn1nc(C)c(Cl)c1C(=O)NCc1cccc(Cl)c1. The number of amides is 1. The van der Waals surface area contributed by atoms with Gasteiger partial charge in [-0.1, -0.05) is 35.3 Å². The van der Waals surface area contributed by atoms with Gasteiger partial charge in [0, 0.05) is 18.1 Å². The average Bonchev–Trinajstić information content (AvgIpc) is 2.72. The molecule has 0 atom stereocenters. The molecule has 0 radical (unpaired) electrons. The number of rotatable bonds is 4. The van der Waals surface area contributed by atoms with Crippen LogP contribution >= 0.6 is 23.2 Å². The van der Waals surface area contributed by atoms with Crippen LogP contribution in [0.2, 0.25) is 10.0 Å². The minimum Gasteiger partial charge on any atom is -0.347 e. The largest absolute Gasteiger partial charge is 0.347 e. The number of nitrogens with one attached hydrogen (secondary N) is 1. The Balaban J connectivity index is 2.13. The highest BCUT2D eigenvalue weighted by molar-refractivity contribution is 6.34. The van der Waals surface area contributed by atoms with Gasteiger partial charge in [0.15, 0.2) is 0 Å². The number of carbonyl (C=O) groups excluding carboxylic acids is 1. The molecule has 6 heteroatoms. The Morgan fingerprint density at radius 3 is 2.80 bits per heavy atom. The average molecular weight is 312 g/mol. The highest BCUT2D eigenvalue weighted by Crippen LogP contribution is 2.20. The van der Waals surface area contributed by atoms with Crippen LogP contribution in [-0.4, -0.2) is 15.7 Å². The minimum absolute atomic E-state index is 0.238. The molecule has 0 fully saturated rings. The quantitative estimate of drug-likeness (QED) is 0.940. The summed E-state index contributed by atoms with van der Waals surface area (Å²) in [4.78, 5) is 12.2. The van der Waals surface area contributed by atoms with Crippen molar-refractivity contribution in [2.75, 3.05) is 0 Å². The molecule has 0 bridgehead atoms. The first-order chi connectivity index (χ1) is 9.52. The molecule has 0 aliphatic heterocycles. The third-order valence-electron chi connectivity index (χ3n) is 2.91. The molecule has 4 nitrogen and oxygen atoms in total. The Hall–Kier alpha value is -1.52. The number of aromatic nitrogens is 2. The molecule has 0 aliphatic carbocycles. The Kier molecular flexibility index (Phi) is 4.68. The summed E-state index contributed by atoms with van der Waals surface area (Å²) in [6.07, 6.45) is 0. The van der Waals surface area contributed by atoms with Gasteiger partial charge in [0.1, 0.15) is 5.69 Å². The third kappa shape index (κ3) is 3.14. The third-order valence-corrected chi connectivity index (χ3v) is 3.60. The van der Waals surface area contributed by atoms with Gasteiger partial charge in [-0.15, -0.1) is 0 Å². The highest BCUT2D eigenvalue weighted by atomic mass is 35.5. The van der Waals surface area contributed by atoms with Crippen molar-refractivity contribution < 1.29 is 4.79 Å². The number of hydrogen-bond acceptors (Lipinski definition) is 2. The standard InChI is InChI=1S/C14H15Cl2N3O/c1-3-19-13(12(16)9(2)18-19)14(20)17-8-10-5-4-6-11(15)7-10/h4-7H,3,8H2,1-2H3,(H,17,20). The van der Waals surface area contributed by atoms with Crippen molar-refractivity contribution in [1.82, 2.24) is 15.1 Å². The van der Waals surface area contributed by atoms with E-state index in [0.717, 1.165) is 5.56 Å². The lowest BCUT2D eigenvalue weighted by atomic mass is 10.2. The maximum atomic E-state index is 12.2. The summed E-state index contributed by atoms with van der Waals surface area (Å²) in [6, 6.07) is 7.35. The van der Waals surface area contributed by atoms with Gasteiger partial charge in [-0.2, -0.15) is 5.10 Å². The zero-order chi connectivity index (χ0) is 14.7. The van der Waals surface area contributed by atoms with Crippen molar-refractivity contribution in [1.29, 1.82) is 0 Å². The molecule has 1 amide bonds. The molecule has 0 saturated carbocycles. The summed E-state index contributed by atoms with van der Waals surface area (Å²) in [5, 5.41) is 8.09. The lowest BCUT2D eigenvalue weighted by Gasteiger charge is -2.07. The van der Waals surface area contributed by atoms with E-state index in [0.29, 0.717) is 34.5 Å². The van der Waals surface area contributed by atoms with E-state index >= 15 is 0 Å². The molecule has 0 spiro atoms. The fourth-order valence-electron chi connectivity index (χ4n) is 1.92. The van der Waals surface area contributed by atoms with Crippen molar-refractivity contribution in [3.8, 4) is 0 Å². The first kappa shape index (κ1) is 14.9. The van der Waals surface area contributed by atoms with Gasteiger partial charge in [0.05, 0.1) is 10.7 Å². The second-order valence-electron chi connectivity index (χ2n) is 4.38. The zero-order valence-corrected chi connectivity index (χ0v) is 12.8. The molecule has 0 saturated heterocycles. The smallest absolute Gasteiger partial charge is 0.271 e. The fourth-order valence-corrected chi connectivity index (χ4v) is 2.35. The maximum Gasteiger partial charge on any atom is 0.271 e. The normalized spacial score (nSPS) is 10.6. The van der Waals surface area contributed by atoms with Gasteiger partial charge in [-0.25, -0.2) is 0 Å². The summed E-state index contributed by atoms with van der Waals surface area (Å²) in [5.74, 6) is -0.238. The van der Waals surface area contributed by atoms with Crippen molar-refractivity contribution >= 4 is 29.1 Å². The van der Waals surface area contributed by atoms with Crippen LogP contribution in [0, 0.1) is 6.92 Å². The lowest BCUT2D eigenvalue weighted by Crippen LogP contribution is -2.26. The van der Waals surface area contributed by atoms with E-state index < -0.39 is 0 Å². The van der Waals surface area contributed by atoms with E-state index in [4.69, 9.17) is 23.2 Å². The van der Waals surface area contributed by atoms with E-state index in [1.807, 2.05) is 25.1 Å². The van der Waals surface area contributed by atoms with Crippen molar-refractivity contribution in [2.24, 2.45) is 0 Å². The van der Waals surface area contributed by atoms with E-state index in [2.05, 4.69) is 10.4 Å². The monoisotopic (exact) mass is 311 g/mol. The van der Waals surface area contributed by atoms with E-state index in [1.54, 1.807) is 17.7 Å². The van der Waals surface area contributed by atoms with Crippen LogP contribution in [-0.2, 0) is 13.1 Å². The molecule has 1 heterocycles. The van der Waals surface area contributed by atoms with Gasteiger partial charge in [0.2, 0.25) is 0 Å². The molecule has 0 unspecified atom stereocenters. The molecular formula is C14H15Cl2N3O.